The third-order valence-electron chi connectivity index (χ3n) is 9.48. The first-order chi connectivity index (χ1) is 11.6. The molecule has 0 aromatic rings. The van der Waals surface area contributed by atoms with Crippen LogP contribution in [0.25, 0.3) is 0 Å². The van der Waals surface area contributed by atoms with Crippen LogP contribution in [0.2, 0.25) is 0 Å². The monoisotopic (exact) mass is 342 g/mol. The van der Waals surface area contributed by atoms with Crippen molar-refractivity contribution in [3.05, 3.63) is 23.3 Å². The zero-order chi connectivity index (χ0) is 18.6. The largest absolute Gasteiger partial charge is 0.0993 e. The first kappa shape index (κ1) is 19.2. The normalized spacial score (nSPS) is 42.9. The second-order valence-corrected chi connectivity index (χ2v) is 10.8. The maximum absolute atomic E-state index is 4.50. The molecule has 0 heteroatoms. The highest BCUT2D eigenvalue weighted by Crippen LogP contribution is 2.69. The Bertz CT molecular complexity index is 573. The molecule has 0 radical (unpaired) electrons. The van der Waals surface area contributed by atoms with Crippen LogP contribution in [0.4, 0.5) is 0 Å². The molecule has 0 amide bonds. The molecular formula is C25H42. The lowest BCUT2D eigenvalue weighted by atomic mass is 9.42. The Morgan fingerprint density at radius 1 is 1.08 bits per heavy atom. The molecule has 3 aliphatic carbocycles. The number of hydrogen-bond donors (Lipinski definition) is 0. The van der Waals surface area contributed by atoms with Gasteiger partial charge in [0, 0.05) is 0 Å². The third kappa shape index (κ3) is 2.61. The van der Waals surface area contributed by atoms with Gasteiger partial charge in [0.05, 0.1) is 0 Å². The Balaban J connectivity index is 2.04. The van der Waals surface area contributed by atoms with Crippen molar-refractivity contribution < 1.29 is 0 Å². The van der Waals surface area contributed by atoms with E-state index in [0.29, 0.717) is 16.2 Å². The third-order valence-corrected chi connectivity index (χ3v) is 9.48. The van der Waals surface area contributed by atoms with Gasteiger partial charge in [0.15, 0.2) is 0 Å². The fraction of sp³-hybridized carbons (Fsp3) is 0.840. The summed E-state index contributed by atoms with van der Waals surface area (Å²) < 4.78 is 0. The second-order valence-electron chi connectivity index (χ2n) is 10.8. The van der Waals surface area contributed by atoms with Gasteiger partial charge in [0.25, 0.3) is 0 Å². The van der Waals surface area contributed by atoms with Crippen LogP contribution in [-0.2, 0) is 0 Å². The molecule has 0 nitrogen and oxygen atoms in total. The molecule has 3 fully saturated rings. The van der Waals surface area contributed by atoms with Crippen LogP contribution in [-0.4, -0.2) is 0 Å². The molecule has 0 bridgehead atoms. The van der Waals surface area contributed by atoms with E-state index in [9.17, 15) is 0 Å². The van der Waals surface area contributed by atoms with E-state index < -0.39 is 0 Å². The van der Waals surface area contributed by atoms with Crippen molar-refractivity contribution in [1.29, 1.82) is 0 Å². The summed E-state index contributed by atoms with van der Waals surface area (Å²) in [6, 6.07) is 0. The highest BCUT2D eigenvalue weighted by Gasteiger charge is 2.60. The van der Waals surface area contributed by atoms with Gasteiger partial charge in [-0.2, -0.15) is 0 Å². The number of fused-ring (bicyclic) bond motifs is 3. The summed E-state index contributed by atoms with van der Waals surface area (Å²) in [5, 5.41) is 0. The van der Waals surface area contributed by atoms with Gasteiger partial charge >= 0.3 is 0 Å². The van der Waals surface area contributed by atoms with E-state index in [0.717, 1.165) is 17.8 Å². The van der Waals surface area contributed by atoms with Crippen molar-refractivity contribution in [3.63, 3.8) is 0 Å². The Morgan fingerprint density at radius 3 is 2.36 bits per heavy atom. The van der Waals surface area contributed by atoms with Crippen molar-refractivity contribution in [3.8, 4) is 0 Å². The molecule has 3 rings (SSSR count). The highest BCUT2D eigenvalue weighted by atomic mass is 14.6. The molecule has 0 aromatic carbocycles. The average molecular weight is 343 g/mol. The van der Waals surface area contributed by atoms with Gasteiger partial charge in [-0.05, 0) is 86.4 Å². The molecule has 5 unspecified atom stereocenters. The number of allylic oxidation sites excluding steroid dienone is 3. The van der Waals surface area contributed by atoms with Gasteiger partial charge in [-0.15, -0.1) is 0 Å². The van der Waals surface area contributed by atoms with Crippen LogP contribution in [0.3, 0.4) is 0 Å². The molecule has 0 spiro atoms. The molecule has 0 saturated heterocycles. The fourth-order valence-corrected chi connectivity index (χ4v) is 7.39. The predicted molar refractivity (Wildman–Crippen MR) is 111 cm³/mol. The van der Waals surface area contributed by atoms with Gasteiger partial charge < -0.3 is 0 Å². The predicted octanol–water partition coefficient (Wildman–Crippen LogP) is 7.95. The van der Waals surface area contributed by atoms with Crippen molar-refractivity contribution in [2.24, 2.45) is 34.0 Å². The topological polar surface area (TPSA) is 0 Å². The Labute approximate surface area is 157 Å². The lowest BCUT2D eigenvalue weighted by Gasteiger charge is -2.63. The number of unbranched alkanes of at least 4 members (excludes halogenated alkanes) is 1. The smallest absolute Gasteiger partial charge is 0.00599 e. The summed E-state index contributed by atoms with van der Waals surface area (Å²) in [6.07, 6.45) is 10.9. The minimum atomic E-state index is 0.381. The Hall–Kier alpha value is -0.520. The zero-order valence-corrected chi connectivity index (χ0v) is 18.1. The SMILES string of the molecule is C=C1CCC2C3CC(=C(C)C)C(C)(CCCC)C(C)(C)C3CCC12C. The zero-order valence-electron chi connectivity index (χ0n) is 18.1. The molecule has 0 aromatic heterocycles. The van der Waals surface area contributed by atoms with Crippen LogP contribution in [0.15, 0.2) is 23.3 Å². The second kappa shape index (κ2) is 6.28. The molecule has 0 N–H and O–H groups in total. The summed E-state index contributed by atoms with van der Waals surface area (Å²) in [4.78, 5) is 0. The van der Waals surface area contributed by atoms with Gasteiger partial charge in [-0.1, -0.05) is 70.8 Å². The van der Waals surface area contributed by atoms with Crippen LogP contribution < -0.4 is 0 Å². The van der Waals surface area contributed by atoms with Crippen LogP contribution in [0.1, 0.15) is 99.8 Å². The quantitative estimate of drug-likeness (QED) is 0.456. The van der Waals surface area contributed by atoms with Crippen molar-refractivity contribution in [2.45, 2.75) is 99.8 Å². The van der Waals surface area contributed by atoms with Gasteiger partial charge in [-0.3, -0.25) is 0 Å². The number of rotatable bonds is 3. The van der Waals surface area contributed by atoms with E-state index in [4.69, 9.17) is 0 Å². The number of hydrogen-bond acceptors (Lipinski definition) is 0. The highest BCUT2D eigenvalue weighted by molar-refractivity contribution is 5.30. The van der Waals surface area contributed by atoms with E-state index >= 15 is 0 Å². The Kier molecular flexibility index (Phi) is 4.83. The summed E-state index contributed by atoms with van der Waals surface area (Å²) in [7, 11) is 0. The van der Waals surface area contributed by atoms with Crippen LogP contribution in [0, 0.1) is 34.0 Å². The maximum Gasteiger partial charge on any atom is -0.00599 e. The molecule has 0 aliphatic heterocycles. The summed E-state index contributed by atoms with van der Waals surface area (Å²) >= 11 is 0. The van der Waals surface area contributed by atoms with E-state index in [2.05, 4.69) is 55.0 Å². The molecular weight excluding hydrogens is 300 g/mol. The van der Waals surface area contributed by atoms with Gasteiger partial charge in [0.1, 0.15) is 0 Å². The maximum atomic E-state index is 4.50. The first-order valence-electron chi connectivity index (χ1n) is 10.9. The van der Waals surface area contributed by atoms with Crippen molar-refractivity contribution in [1.82, 2.24) is 0 Å². The van der Waals surface area contributed by atoms with E-state index in [1.165, 1.54) is 51.4 Å². The lowest BCUT2D eigenvalue weighted by Crippen LogP contribution is -2.55. The lowest BCUT2D eigenvalue weighted by molar-refractivity contribution is -0.0866. The first-order valence-corrected chi connectivity index (χ1v) is 10.9. The average Bonchev–Trinajstić information content (AvgIpc) is 2.84. The van der Waals surface area contributed by atoms with E-state index in [1.807, 2.05) is 5.57 Å². The van der Waals surface area contributed by atoms with Gasteiger partial charge in [-0.25, -0.2) is 0 Å². The van der Waals surface area contributed by atoms with Crippen molar-refractivity contribution >= 4 is 0 Å². The summed E-state index contributed by atoms with van der Waals surface area (Å²) in [6.45, 7) is 22.0. The minimum absolute atomic E-state index is 0.381. The van der Waals surface area contributed by atoms with E-state index in [1.54, 1.807) is 11.1 Å². The molecule has 0 heterocycles. The molecule has 3 saturated carbocycles. The standard InChI is InChI=1S/C25H42/c1-9-10-14-25(8)22(17(2)3)16-19-20(23(25,5)6)13-15-24(7)18(4)11-12-21(19)24/h19-21H,4,9-16H2,1-3,5-8H3. The fourth-order valence-electron chi connectivity index (χ4n) is 7.39. The van der Waals surface area contributed by atoms with Crippen LogP contribution >= 0.6 is 0 Å². The molecule has 142 valence electrons. The molecule has 3 aliphatic rings. The van der Waals surface area contributed by atoms with Crippen molar-refractivity contribution in [2.75, 3.05) is 0 Å². The van der Waals surface area contributed by atoms with Crippen LogP contribution in [0.5, 0.6) is 0 Å². The van der Waals surface area contributed by atoms with Gasteiger partial charge in [0.2, 0.25) is 0 Å². The minimum Gasteiger partial charge on any atom is -0.0993 e. The molecule has 25 heavy (non-hydrogen) atoms. The summed E-state index contributed by atoms with van der Waals surface area (Å²) in [5.74, 6) is 2.65. The Morgan fingerprint density at radius 2 is 1.76 bits per heavy atom. The molecule has 5 atom stereocenters. The van der Waals surface area contributed by atoms with E-state index in [-0.39, 0.29) is 0 Å². The summed E-state index contributed by atoms with van der Waals surface area (Å²) in [5.41, 5.74) is 6.20.